The lowest BCUT2D eigenvalue weighted by molar-refractivity contribution is -0.122. The molecule has 0 radical (unpaired) electrons. The minimum atomic E-state index is -0.386. The summed E-state index contributed by atoms with van der Waals surface area (Å²) in [5.74, 6) is 1.08. The lowest BCUT2D eigenvalue weighted by Gasteiger charge is -2.23. The molecule has 2 atom stereocenters. The van der Waals surface area contributed by atoms with Crippen LogP contribution in [-0.4, -0.2) is 25.2 Å². The van der Waals surface area contributed by atoms with Gasteiger partial charge in [0, 0.05) is 30.4 Å². The number of ether oxygens (including phenoxy) is 2. The number of carbonyl (C=O) groups is 2. The lowest BCUT2D eigenvalue weighted by atomic mass is 9.96. The molecule has 6 nitrogen and oxygen atoms in total. The number of fused-ring (bicyclic) bond motifs is 1. The Balaban J connectivity index is 1.48. The normalized spacial score (nSPS) is 19.0. The summed E-state index contributed by atoms with van der Waals surface area (Å²) in [7, 11) is 0. The van der Waals surface area contributed by atoms with E-state index in [0.29, 0.717) is 29.6 Å². The summed E-state index contributed by atoms with van der Waals surface area (Å²) in [6, 6.07) is 13.3. The third kappa shape index (κ3) is 3.42. The quantitative estimate of drug-likeness (QED) is 0.854. The van der Waals surface area contributed by atoms with Gasteiger partial charge in [0.15, 0.2) is 11.5 Å². The first-order chi connectivity index (χ1) is 13.6. The number of hydrogen-bond donors (Lipinski definition) is 1. The van der Waals surface area contributed by atoms with Crippen LogP contribution >= 0.6 is 0 Å². The summed E-state index contributed by atoms with van der Waals surface area (Å²) in [6.45, 7) is 4.87. The van der Waals surface area contributed by atoms with Gasteiger partial charge in [-0.05, 0) is 36.1 Å². The van der Waals surface area contributed by atoms with E-state index in [1.807, 2.05) is 18.2 Å². The van der Waals surface area contributed by atoms with E-state index in [4.69, 9.17) is 9.47 Å². The van der Waals surface area contributed by atoms with Crippen molar-refractivity contribution in [3.8, 4) is 11.5 Å². The highest BCUT2D eigenvalue weighted by atomic mass is 16.7. The summed E-state index contributed by atoms with van der Waals surface area (Å²) in [6.07, 6.45) is 1.21. The van der Waals surface area contributed by atoms with Crippen LogP contribution in [0.2, 0.25) is 0 Å². The molecule has 2 aromatic carbocycles. The Labute approximate surface area is 164 Å². The lowest BCUT2D eigenvalue weighted by Crippen LogP contribution is -2.29. The number of benzene rings is 2. The van der Waals surface area contributed by atoms with Crippen LogP contribution in [0.5, 0.6) is 11.5 Å². The van der Waals surface area contributed by atoms with E-state index in [1.165, 1.54) is 0 Å². The van der Waals surface area contributed by atoms with E-state index in [9.17, 15) is 9.59 Å². The fourth-order valence-corrected chi connectivity index (χ4v) is 3.70. The summed E-state index contributed by atoms with van der Waals surface area (Å²) in [5, 5.41) is 2.90. The van der Waals surface area contributed by atoms with Crippen molar-refractivity contribution in [1.82, 2.24) is 0 Å². The Morgan fingerprint density at radius 1 is 1.21 bits per heavy atom. The van der Waals surface area contributed by atoms with Gasteiger partial charge >= 0.3 is 0 Å². The van der Waals surface area contributed by atoms with Crippen molar-refractivity contribution in [2.75, 3.05) is 23.6 Å². The fourth-order valence-electron chi connectivity index (χ4n) is 3.70. The number of anilines is 2. The summed E-state index contributed by atoms with van der Waals surface area (Å²) >= 11 is 0. The van der Waals surface area contributed by atoms with Gasteiger partial charge in [-0.1, -0.05) is 32.0 Å². The number of rotatable bonds is 5. The summed E-state index contributed by atoms with van der Waals surface area (Å²) in [5.41, 5.74) is 2.70. The van der Waals surface area contributed by atoms with Gasteiger partial charge in [-0.3, -0.25) is 9.59 Å². The first-order valence-electron chi connectivity index (χ1n) is 9.66. The molecule has 1 saturated heterocycles. The van der Waals surface area contributed by atoms with Crippen LogP contribution in [-0.2, 0) is 9.59 Å². The molecule has 4 rings (SSSR count). The zero-order chi connectivity index (χ0) is 19.7. The van der Waals surface area contributed by atoms with Crippen molar-refractivity contribution in [2.24, 2.45) is 5.92 Å². The maximum Gasteiger partial charge on any atom is 0.231 e. The number of carbonyl (C=O) groups excluding carboxylic acids is 2. The zero-order valence-corrected chi connectivity index (χ0v) is 16.1. The number of para-hydroxylation sites is 1. The highest BCUT2D eigenvalue weighted by Crippen LogP contribution is 2.36. The van der Waals surface area contributed by atoms with Crippen molar-refractivity contribution >= 4 is 23.2 Å². The maximum absolute atomic E-state index is 12.8. The second-order valence-corrected chi connectivity index (χ2v) is 7.33. The molecule has 2 aliphatic heterocycles. The standard InChI is InChI=1S/C22H24N2O4/c1-3-14(2)17-6-4-5-7-18(17)24-12-15(10-21(24)25)22(26)23-16-8-9-19-20(11-16)28-13-27-19/h4-9,11,14-15H,3,10,12-13H2,1-2H3,(H,23,26). The Hall–Kier alpha value is -3.02. The van der Waals surface area contributed by atoms with Crippen LogP contribution in [0.25, 0.3) is 0 Å². The van der Waals surface area contributed by atoms with E-state index in [2.05, 4.69) is 25.2 Å². The van der Waals surface area contributed by atoms with Gasteiger partial charge in [-0.15, -0.1) is 0 Å². The predicted molar refractivity (Wildman–Crippen MR) is 107 cm³/mol. The number of hydrogen-bond acceptors (Lipinski definition) is 4. The Morgan fingerprint density at radius 2 is 2.00 bits per heavy atom. The van der Waals surface area contributed by atoms with Crippen LogP contribution in [0.4, 0.5) is 11.4 Å². The van der Waals surface area contributed by atoms with Crippen LogP contribution in [0.1, 0.15) is 38.2 Å². The maximum atomic E-state index is 12.8. The third-order valence-electron chi connectivity index (χ3n) is 5.51. The largest absolute Gasteiger partial charge is 0.454 e. The summed E-state index contributed by atoms with van der Waals surface area (Å²) < 4.78 is 10.6. The van der Waals surface area contributed by atoms with E-state index < -0.39 is 0 Å². The van der Waals surface area contributed by atoms with E-state index >= 15 is 0 Å². The molecule has 0 saturated carbocycles. The zero-order valence-electron chi connectivity index (χ0n) is 16.1. The second kappa shape index (κ2) is 7.54. The molecule has 0 spiro atoms. The smallest absolute Gasteiger partial charge is 0.231 e. The molecule has 6 heteroatoms. The van der Waals surface area contributed by atoms with E-state index in [0.717, 1.165) is 17.7 Å². The monoisotopic (exact) mass is 380 g/mol. The van der Waals surface area contributed by atoms with Crippen molar-refractivity contribution in [3.63, 3.8) is 0 Å². The number of amides is 2. The SMILES string of the molecule is CCC(C)c1ccccc1N1CC(C(=O)Nc2ccc3c(c2)OCO3)CC1=O. The second-order valence-electron chi connectivity index (χ2n) is 7.33. The molecule has 0 aromatic heterocycles. The Morgan fingerprint density at radius 3 is 2.82 bits per heavy atom. The Kier molecular flexibility index (Phi) is 4.94. The van der Waals surface area contributed by atoms with Crippen molar-refractivity contribution in [1.29, 1.82) is 0 Å². The summed E-state index contributed by atoms with van der Waals surface area (Å²) in [4.78, 5) is 27.2. The predicted octanol–water partition coefficient (Wildman–Crippen LogP) is 3.92. The van der Waals surface area contributed by atoms with Gasteiger partial charge in [0.25, 0.3) is 0 Å². The molecule has 0 bridgehead atoms. The minimum absolute atomic E-state index is 0.0124. The van der Waals surface area contributed by atoms with Crippen LogP contribution in [0.15, 0.2) is 42.5 Å². The van der Waals surface area contributed by atoms with Crippen molar-refractivity contribution in [2.45, 2.75) is 32.6 Å². The Bertz CT molecular complexity index is 911. The fraction of sp³-hybridized carbons (Fsp3) is 0.364. The minimum Gasteiger partial charge on any atom is -0.454 e. The van der Waals surface area contributed by atoms with E-state index in [1.54, 1.807) is 23.1 Å². The molecule has 2 aliphatic rings. The molecule has 146 valence electrons. The van der Waals surface area contributed by atoms with Gasteiger partial charge in [0.2, 0.25) is 18.6 Å². The third-order valence-corrected chi connectivity index (χ3v) is 5.51. The van der Waals surface area contributed by atoms with Crippen LogP contribution < -0.4 is 19.7 Å². The molecule has 1 fully saturated rings. The van der Waals surface area contributed by atoms with Crippen molar-refractivity contribution in [3.05, 3.63) is 48.0 Å². The highest BCUT2D eigenvalue weighted by molar-refractivity contribution is 6.04. The molecule has 2 unspecified atom stereocenters. The van der Waals surface area contributed by atoms with Gasteiger partial charge < -0.3 is 19.7 Å². The molecule has 2 aromatic rings. The van der Waals surface area contributed by atoms with Crippen LogP contribution in [0, 0.1) is 5.92 Å². The van der Waals surface area contributed by atoms with Gasteiger partial charge in [-0.25, -0.2) is 0 Å². The average Bonchev–Trinajstić information content (AvgIpc) is 3.33. The molecule has 0 aliphatic carbocycles. The first kappa shape index (κ1) is 18.3. The molecule has 2 amide bonds. The van der Waals surface area contributed by atoms with E-state index in [-0.39, 0.29) is 30.9 Å². The average molecular weight is 380 g/mol. The van der Waals surface area contributed by atoms with Crippen molar-refractivity contribution < 1.29 is 19.1 Å². The van der Waals surface area contributed by atoms with Gasteiger partial charge in [0.05, 0.1) is 5.92 Å². The molecular formula is C22H24N2O4. The van der Waals surface area contributed by atoms with Crippen LogP contribution in [0.3, 0.4) is 0 Å². The van der Waals surface area contributed by atoms with Gasteiger partial charge in [-0.2, -0.15) is 0 Å². The topological polar surface area (TPSA) is 67.9 Å². The molecular weight excluding hydrogens is 356 g/mol. The number of nitrogens with zero attached hydrogens (tertiary/aromatic N) is 1. The number of nitrogens with one attached hydrogen (secondary N) is 1. The molecule has 1 N–H and O–H groups in total. The first-order valence-corrected chi connectivity index (χ1v) is 9.66. The van der Waals surface area contributed by atoms with Gasteiger partial charge in [0.1, 0.15) is 0 Å². The molecule has 2 heterocycles. The highest BCUT2D eigenvalue weighted by Gasteiger charge is 2.36. The molecule has 28 heavy (non-hydrogen) atoms.